The van der Waals surface area contributed by atoms with Gasteiger partial charge >= 0.3 is 0 Å². The molecule has 6 nitrogen and oxygen atoms in total. The van der Waals surface area contributed by atoms with E-state index in [0.717, 1.165) is 55.1 Å². The third-order valence-electron chi connectivity index (χ3n) is 4.08. The van der Waals surface area contributed by atoms with Crippen LogP contribution >= 0.6 is 0 Å². The Bertz CT molecular complexity index is 655. The van der Waals surface area contributed by atoms with Crippen LogP contribution in [0.2, 0.25) is 0 Å². The fraction of sp³-hybridized carbons (Fsp3) is 0.500. The van der Waals surface area contributed by atoms with E-state index in [9.17, 15) is 0 Å². The van der Waals surface area contributed by atoms with E-state index in [-0.39, 0.29) is 6.10 Å². The number of nitrogens with one attached hydrogen (secondary N) is 1. The molecule has 2 aromatic rings. The van der Waals surface area contributed by atoms with E-state index in [2.05, 4.69) is 34.3 Å². The van der Waals surface area contributed by atoms with Crippen molar-refractivity contribution < 1.29 is 9.47 Å². The molecule has 1 aromatic carbocycles. The highest BCUT2D eigenvalue weighted by Crippen LogP contribution is 2.20. The summed E-state index contributed by atoms with van der Waals surface area (Å²) in [5.74, 6) is 1.36. The second kappa shape index (κ2) is 8.06. The summed E-state index contributed by atoms with van der Waals surface area (Å²) in [5, 5.41) is 11.6. The first-order valence-corrected chi connectivity index (χ1v) is 8.62. The van der Waals surface area contributed by atoms with Crippen LogP contribution in [0.25, 0.3) is 0 Å². The molecule has 0 bridgehead atoms. The van der Waals surface area contributed by atoms with Gasteiger partial charge < -0.3 is 14.8 Å². The number of nitrogens with zero attached hydrogens (tertiary/aromatic N) is 3. The van der Waals surface area contributed by atoms with Crippen molar-refractivity contribution in [3.8, 4) is 5.75 Å². The summed E-state index contributed by atoms with van der Waals surface area (Å²) in [4.78, 5) is 4.54. The Hall–Kier alpha value is -2.21. The van der Waals surface area contributed by atoms with Gasteiger partial charge in [-0.3, -0.25) is 0 Å². The predicted octanol–water partition coefficient (Wildman–Crippen LogP) is 3.30. The Morgan fingerprint density at radius 3 is 2.58 bits per heavy atom. The molecular weight excluding hydrogens is 304 g/mol. The van der Waals surface area contributed by atoms with E-state index in [4.69, 9.17) is 9.47 Å². The highest BCUT2D eigenvalue weighted by molar-refractivity contribution is 5.54. The van der Waals surface area contributed by atoms with E-state index in [0.29, 0.717) is 12.6 Å². The van der Waals surface area contributed by atoms with Gasteiger partial charge in [-0.1, -0.05) is 13.8 Å². The smallest absolute Gasteiger partial charge is 0.247 e. The summed E-state index contributed by atoms with van der Waals surface area (Å²) in [7, 11) is 0. The molecule has 6 heteroatoms. The summed E-state index contributed by atoms with van der Waals surface area (Å²) in [5.41, 5.74) is 2.86. The Kier molecular flexibility index (Phi) is 5.59. The summed E-state index contributed by atoms with van der Waals surface area (Å²) >= 11 is 0. The van der Waals surface area contributed by atoms with Crippen LogP contribution in [0, 0.1) is 0 Å². The zero-order valence-corrected chi connectivity index (χ0v) is 14.3. The lowest BCUT2D eigenvalue weighted by Gasteiger charge is -2.12. The van der Waals surface area contributed by atoms with E-state index >= 15 is 0 Å². The quantitative estimate of drug-likeness (QED) is 0.841. The number of hydrogen-bond acceptors (Lipinski definition) is 6. The lowest BCUT2D eigenvalue weighted by atomic mass is 10.2. The molecule has 1 aliphatic heterocycles. The van der Waals surface area contributed by atoms with Crippen LogP contribution < -0.4 is 10.1 Å². The largest absolute Gasteiger partial charge is 0.491 e. The summed E-state index contributed by atoms with van der Waals surface area (Å²) in [6.07, 6.45) is 4.13. The molecular formula is C18H24N4O2. The number of hydrogen-bond donors (Lipinski definition) is 1. The van der Waals surface area contributed by atoms with Gasteiger partial charge in [-0.25, -0.2) is 4.98 Å². The predicted molar refractivity (Wildman–Crippen MR) is 92.8 cm³/mol. The maximum Gasteiger partial charge on any atom is 0.247 e. The highest BCUT2D eigenvalue weighted by atomic mass is 16.5. The molecule has 1 atom stereocenters. The first-order valence-electron chi connectivity index (χ1n) is 8.62. The van der Waals surface area contributed by atoms with Crippen LogP contribution in [0.4, 0.5) is 11.6 Å². The summed E-state index contributed by atoms with van der Waals surface area (Å²) < 4.78 is 11.3. The van der Waals surface area contributed by atoms with Gasteiger partial charge in [0.15, 0.2) is 0 Å². The van der Waals surface area contributed by atoms with Gasteiger partial charge in [0.05, 0.1) is 17.5 Å². The van der Waals surface area contributed by atoms with Gasteiger partial charge in [-0.05, 0) is 49.9 Å². The molecule has 0 radical (unpaired) electrons. The van der Waals surface area contributed by atoms with Crippen molar-refractivity contribution in [1.29, 1.82) is 0 Å². The first-order chi connectivity index (χ1) is 11.8. The summed E-state index contributed by atoms with van der Waals surface area (Å²) in [6.45, 7) is 5.60. The molecule has 1 unspecified atom stereocenters. The standard InChI is InChI=1S/C18H24N4O2/c1-3-16-17(4-2)21-22-18(20-16)19-13-7-9-14(10-8-13)24-12-15-6-5-11-23-15/h7-10,15H,3-6,11-12H2,1-2H3,(H,19,20,22). The Morgan fingerprint density at radius 2 is 1.92 bits per heavy atom. The number of aromatic nitrogens is 3. The Labute approximate surface area is 142 Å². The molecule has 1 aromatic heterocycles. The maximum atomic E-state index is 5.77. The van der Waals surface area contributed by atoms with Crippen LogP contribution in [-0.2, 0) is 17.6 Å². The zero-order valence-electron chi connectivity index (χ0n) is 14.3. The molecule has 3 rings (SSSR count). The van der Waals surface area contributed by atoms with E-state index in [1.165, 1.54) is 0 Å². The van der Waals surface area contributed by atoms with Gasteiger partial charge in [0, 0.05) is 12.3 Å². The van der Waals surface area contributed by atoms with Crippen molar-refractivity contribution in [3.05, 3.63) is 35.7 Å². The van der Waals surface area contributed by atoms with Gasteiger partial charge in [0.25, 0.3) is 0 Å². The molecule has 0 spiro atoms. The number of rotatable bonds is 7. The molecule has 0 saturated carbocycles. The van der Waals surface area contributed by atoms with Crippen molar-refractivity contribution in [2.45, 2.75) is 45.6 Å². The average Bonchev–Trinajstić information content (AvgIpc) is 3.14. The minimum atomic E-state index is 0.229. The van der Waals surface area contributed by atoms with Crippen LogP contribution in [0.1, 0.15) is 38.1 Å². The monoisotopic (exact) mass is 328 g/mol. The second-order valence-electron chi connectivity index (χ2n) is 5.83. The molecule has 1 fully saturated rings. The molecule has 0 amide bonds. The van der Waals surface area contributed by atoms with E-state index < -0.39 is 0 Å². The van der Waals surface area contributed by atoms with Gasteiger partial charge in [-0.2, -0.15) is 0 Å². The normalized spacial score (nSPS) is 17.0. The zero-order chi connectivity index (χ0) is 16.8. The minimum absolute atomic E-state index is 0.229. The molecule has 1 N–H and O–H groups in total. The van der Waals surface area contributed by atoms with E-state index in [1.54, 1.807) is 0 Å². The number of ether oxygens (including phenoxy) is 2. The topological polar surface area (TPSA) is 69.2 Å². The number of aryl methyl sites for hydroxylation is 2. The number of anilines is 2. The summed E-state index contributed by atoms with van der Waals surface area (Å²) in [6, 6.07) is 7.78. The van der Waals surface area contributed by atoms with Crippen molar-refractivity contribution in [1.82, 2.24) is 15.2 Å². The SMILES string of the molecule is CCc1nnc(Nc2ccc(OCC3CCCO3)cc2)nc1CC. The fourth-order valence-electron chi connectivity index (χ4n) is 2.72. The minimum Gasteiger partial charge on any atom is -0.491 e. The first kappa shape index (κ1) is 16.6. The van der Waals surface area contributed by atoms with Crippen LogP contribution in [0.15, 0.2) is 24.3 Å². The van der Waals surface area contributed by atoms with Crippen LogP contribution in [-0.4, -0.2) is 34.5 Å². The molecule has 1 saturated heterocycles. The third-order valence-corrected chi connectivity index (χ3v) is 4.08. The van der Waals surface area contributed by atoms with Crippen molar-refractivity contribution in [2.75, 3.05) is 18.5 Å². The Morgan fingerprint density at radius 1 is 1.12 bits per heavy atom. The number of benzene rings is 1. The average molecular weight is 328 g/mol. The van der Waals surface area contributed by atoms with Crippen molar-refractivity contribution >= 4 is 11.6 Å². The lowest BCUT2D eigenvalue weighted by Crippen LogP contribution is -2.16. The molecule has 24 heavy (non-hydrogen) atoms. The third kappa shape index (κ3) is 4.20. The van der Waals surface area contributed by atoms with Crippen LogP contribution in [0.5, 0.6) is 5.75 Å². The van der Waals surface area contributed by atoms with Gasteiger partial charge in [0.1, 0.15) is 12.4 Å². The molecule has 1 aliphatic rings. The molecule has 2 heterocycles. The Balaban J connectivity index is 1.59. The highest BCUT2D eigenvalue weighted by Gasteiger charge is 2.15. The lowest BCUT2D eigenvalue weighted by molar-refractivity contribution is 0.0679. The molecule has 0 aliphatic carbocycles. The van der Waals surface area contributed by atoms with Gasteiger partial charge in [0.2, 0.25) is 5.95 Å². The van der Waals surface area contributed by atoms with E-state index in [1.807, 2.05) is 24.3 Å². The second-order valence-corrected chi connectivity index (χ2v) is 5.83. The molecule has 128 valence electrons. The maximum absolute atomic E-state index is 5.77. The van der Waals surface area contributed by atoms with Gasteiger partial charge in [-0.15, -0.1) is 10.2 Å². The van der Waals surface area contributed by atoms with Crippen molar-refractivity contribution in [3.63, 3.8) is 0 Å². The fourth-order valence-corrected chi connectivity index (χ4v) is 2.72. The van der Waals surface area contributed by atoms with Crippen molar-refractivity contribution in [2.24, 2.45) is 0 Å². The van der Waals surface area contributed by atoms with Crippen LogP contribution in [0.3, 0.4) is 0 Å².